The molecule has 3 aliphatic rings. The minimum atomic E-state index is 0.355. The van der Waals surface area contributed by atoms with Crippen molar-refractivity contribution in [2.75, 3.05) is 20.2 Å². The Bertz CT molecular complexity index is 947. The minimum absolute atomic E-state index is 0.355. The summed E-state index contributed by atoms with van der Waals surface area (Å²) in [6.45, 7) is 3.24. The van der Waals surface area contributed by atoms with Crippen LogP contribution in [0.3, 0.4) is 0 Å². The molecule has 166 valence electrons. The number of rotatable bonds is 7. The van der Waals surface area contributed by atoms with Crippen molar-refractivity contribution in [1.29, 1.82) is 0 Å². The van der Waals surface area contributed by atoms with Crippen LogP contribution in [-0.2, 0) is 6.54 Å². The predicted octanol–water partition coefficient (Wildman–Crippen LogP) is 5.47. The number of piperidine rings is 1. The van der Waals surface area contributed by atoms with Gasteiger partial charge in [-0.3, -0.25) is 4.90 Å². The summed E-state index contributed by atoms with van der Waals surface area (Å²) in [5.74, 6) is 2.04. The van der Waals surface area contributed by atoms with E-state index in [0.717, 1.165) is 12.3 Å². The number of para-hydroxylation sites is 1. The summed E-state index contributed by atoms with van der Waals surface area (Å²) < 4.78 is 5.63. The number of nitrogens with one attached hydrogen (secondary N) is 1. The molecule has 2 unspecified atom stereocenters. The molecule has 3 aliphatic heterocycles. The lowest BCUT2D eigenvalue weighted by Crippen LogP contribution is -2.58. The van der Waals surface area contributed by atoms with Crippen molar-refractivity contribution in [1.82, 2.24) is 10.2 Å². The second kappa shape index (κ2) is 9.89. The molecule has 3 heterocycles. The second-order valence-corrected chi connectivity index (χ2v) is 9.24. The summed E-state index contributed by atoms with van der Waals surface area (Å²) in [6, 6.07) is 31.5. The molecule has 0 spiro atoms. The first-order chi connectivity index (χ1) is 15.8. The van der Waals surface area contributed by atoms with E-state index in [9.17, 15) is 0 Å². The molecule has 0 aromatic heterocycles. The van der Waals surface area contributed by atoms with E-state index in [-0.39, 0.29) is 0 Å². The van der Waals surface area contributed by atoms with Crippen LogP contribution in [-0.4, -0.2) is 37.2 Å². The summed E-state index contributed by atoms with van der Waals surface area (Å²) in [5, 5.41) is 4.03. The van der Waals surface area contributed by atoms with Gasteiger partial charge in [0.2, 0.25) is 0 Å². The first-order valence-corrected chi connectivity index (χ1v) is 12.0. The molecule has 3 saturated heterocycles. The van der Waals surface area contributed by atoms with E-state index in [1.807, 2.05) is 6.07 Å². The number of benzene rings is 3. The summed E-state index contributed by atoms with van der Waals surface area (Å²) >= 11 is 0. The van der Waals surface area contributed by atoms with Gasteiger partial charge in [0.05, 0.1) is 7.11 Å². The monoisotopic (exact) mass is 426 g/mol. The summed E-state index contributed by atoms with van der Waals surface area (Å²) in [5.41, 5.74) is 4.07. The van der Waals surface area contributed by atoms with Gasteiger partial charge in [0.1, 0.15) is 5.75 Å². The van der Waals surface area contributed by atoms with Gasteiger partial charge in [-0.05, 0) is 55.5 Å². The van der Waals surface area contributed by atoms with Gasteiger partial charge in [0.25, 0.3) is 0 Å². The summed E-state index contributed by atoms with van der Waals surface area (Å²) in [6.07, 6.45) is 3.90. The zero-order valence-electron chi connectivity index (χ0n) is 19.0. The highest BCUT2D eigenvalue weighted by Crippen LogP contribution is 2.41. The van der Waals surface area contributed by atoms with Gasteiger partial charge < -0.3 is 10.1 Å². The molecular weight excluding hydrogens is 392 g/mol. The first-order valence-electron chi connectivity index (χ1n) is 12.0. The molecule has 3 aromatic rings. The molecule has 3 fully saturated rings. The van der Waals surface area contributed by atoms with E-state index in [4.69, 9.17) is 4.74 Å². The first kappa shape index (κ1) is 21.2. The molecule has 4 atom stereocenters. The Morgan fingerprint density at radius 1 is 0.844 bits per heavy atom. The van der Waals surface area contributed by atoms with E-state index in [2.05, 4.69) is 89.1 Å². The van der Waals surface area contributed by atoms with Crippen molar-refractivity contribution < 1.29 is 4.74 Å². The Kier molecular flexibility index (Phi) is 6.56. The van der Waals surface area contributed by atoms with Crippen LogP contribution in [0.5, 0.6) is 5.75 Å². The smallest absolute Gasteiger partial charge is 0.123 e. The van der Waals surface area contributed by atoms with Crippen molar-refractivity contribution >= 4 is 0 Å². The molecule has 3 heteroatoms. The number of ether oxygens (including phenoxy) is 1. The van der Waals surface area contributed by atoms with Crippen LogP contribution in [0.4, 0.5) is 0 Å². The average Bonchev–Trinajstić information content (AvgIpc) is 3.19. The highest BCUT2D eigenvalue weighted by atomic mass is 16.5. The minimum Gasteiger partial charge on any atom is -0.496 e. The second-order valence-electron chi connectivity index (χ2n) is 9.24. The van der Waals surface area contributed by atoms with Crippen LogP contribution in [0, 0.1) is 5.92 Å². The van der Waals surface area contributed by atoms with Crippen molar-refractivity contribution in [3.8, 4) is 5.75 Å². The van der Waals surface area contributed by atoms with E-state index in [1.54, 1.807) is 7.11 Å². The molecule has 0 amide bonds. The Labute approximate surface area is 192 Å². The quantitative estimate of drug-likeness (QED) is 0.542. The molecule has 0 saturated carbocycles. The van der Waals surface area contributed by atoms with Crippen LogP contribution in [0.25, 0.3) is 0 Å². The van der Waals surface area contributed by atoms with Gasteiger partial charge in [0.15, 0.2) is 0 Å². The van der Waals surface area contributed by atoms with Crippen LogP contribution in [0.2, 0.25) is 0 Å². The molecule has 2 bridgehead atoms. The van der Waals surface area contributed by atoms with Crippen LogP contribution in [0.1, 0.15) is 41.9 Å². The number of nitrogens with zero attached hydrogens (tertiary/aromatic N) is 1. The summed E-state index contributed by atoms with van der Waals surface area (Å²) in [4.78, 5) is 2.77. The van der Waals surface area contributed by atoms with Gasteiger partial charge in [0, 0.05) is 30.1 Å². The van der Waals surface area contributed by atoms with Crippen LogP contribution in [0.15, 0.2) is 84.9 Å². The maximum absolute atomic E-state index is 5.63. The standard InChI is InChI=1S/C29H34N2O/c1-32-26-17-9-8-15-25(26)21-30-28-24-16-10-19-31(20-18-24)29(28)27(22-11-4-2-5-12-22)23-13-6-3-7-14-23/h2-9,11-15,17,24,27-30H,10,16,18-21H2,1H3/t24?,28-,29-/m0/s1. The van der Waals surface area contributed by atoms with E-state index in [0.29, 0.717) is 23.9 Å². The number of hydrogen-bond acceptors (Lipinski definition) is 3. The lowest BCUT2D eigenvalue weighted by Gasteiger charge is -2.47. The topological polar surface area (TPSA) is 24.5 Å². The normalized spacial score (nSPS) is 24.9. The zero-order valence-corrected chi connectivity index (χ0v) is 19.0. The molecule has 32 heavy (non-hydrogen) atoms. The maximum Gasteiger partial charge on any atom is 0.123 e. The Balaban J connectivity index is 1.52. The van der Waals surface area contributed by atoms with Gasteiger partial charge >= 0.3 is 0 Å². The number of fused-ring (bicyclic) bond motifs is 4. The van der Waals surface area contributed by atoms with Crippen molar-refractivity contribution in [2.24, 2.45) is 5.92 Å². The van der Waals surface area contributed by atoms with E-state index in [1.165, 1.54) is 49.0 Å². The fourth-order valence-corrected chi connectivity index (χ4v) is 6.00. The Morgan fingerprint density at radius 3 is 2.19 bits per heavy atom. The maximum atomic E-state index is 5.63. The van der Waals surface area contributed by atoms with Crippen LogP contribution < -0.4 is 10.1 Å². The van der Waals surface area contributed by atoms with Gasteiger partial charge in [-0.1, -0.05) is 78.9 Å². The average molecular weight is 427 g/mol. The van der Waals surface area contributed by atoms with E-state index >= 15 is 0 Å². The fourth-order valence-electron chi connectivity index (χ4n) is 6.00. The highest BCUT2D eigenvalue weighted by Gasteiger charge is 2.44. The Morgan fingerprint density at radius 2 is 1.50 bits per heavy atom. The predicted molar refractivity (Wildman–Crippen MR) is 131 cm³/mol. The molecule has 3 aromatic carbocycles. The van der Waals surface area contributed by atoms with Crippen molar-refractivity contribution in [3.05, 3.63) is 102 Å². The largest absolute Gasteiger partial charge is 0.496 e. The SMILES string of the molecule is COc1ccccc1CN[C@H]1C2CCCN(CC2)[C@H]1C(c1ccccc1)c1ccccc1. The van der Waals surface area contributed by atoms with Gasteiger partial charge in [-0.25, -0.2) is 0 Å². The van der Waals surface area contributed by atoms with Crippen molar-refractivity contribution in [3.63, 3.8) is 0 Å². The van der Waals surface area contributed by atoms with Gasteiger partial charge in [-0.2, -0.15) is 0 Å². The van der Waals surface area contributed by atoms with Gasteiger partial charge in [-0.15, -0.1) is 0 Å². The zero-order chi connectivity index (χ0) is 21.8. The lowest BCUT2D eigenvalue weighted by molar-refractivity contribution is 0.0860. The highest BCUT2D eigenvalue weighted by molar-refractivity contribution is 5.36. The Hall–Kier alpha value is -2.62. The molecule has 3 nitrogen and oxygen atoms in total. The third-order valence-corrected chi connectivity index (χ3v) is 7.48. The molecule has 0 aliphatic carbocycles. The van der Waals surface area contributed by atoms with Crippen LogP contribution >= 0.6 is 0 Å². The lowest BCUT2D eigenvalue weighted by atomic mass is 9.74. The van der Waals surface area contributed by atoms with Crippen molar-refractivity contribution in [2.45, 2.75) is 43.8 Å². The fraction of sp³-hybridized carbons (Fsp3) is 0.379. The number of hydrogen-bond donors (Lipinski definition) is 1. The third-order valence-electron chi connectivity index (χ3n) is 7.48. The number of methoxy groups -OCH3 is 1. The summed E-state index contributed by atoms with van der Waals surface area (Å²) in [7, 11) is 1.77. The molecule has 0 radical (unpaired) electrons. The third kappa shape index (κ3) is 4.32. The molecular formula is C29H34N2O. The molecule has 6 rings (SSSR count). The molecule has 1 N–H and O–H groups in total. The van der Waals surface area contributed by atoms with E-state index < -0.39 is 0 Å².